The van der Waals surface area contributed by atoms with Gasteiger partial charge in [0.25, 0.3) is 0 Å². The van der Waals surface area contributed by atoms with E-state index in [0.29, 0.717) is 12.0 Å². The van der Waals surface area contributed by atoms with Crippen LogP contribution in [0.2, 0.25) is 0 Å². The SMILES string of the molecule is CC(NC(=O)CC(C)(O)c1ccccc1)c1ccc2c(c1)CC(=O)N2. The first-order chi connectivity index (χ1) is 11.8. The van der Waals surface area contributed by atoms with Gasteiger partial charge < -0.3 is 15.7 Å². The molecule has 25 heavy (non-hydrogen) atoms. The lowest BCUT2D eigenvalue weighted by molar-refractivity contribution is -0.126. The summed E-state index contributed by atoms with van der Waals surface area (Å²) in [5.74, 6) is -0.237. The van der Waals surface area contributed by atoms with Crippen LogP contribution in [0.1, 0.15) is 43.0 Å². The molecule has 2 unspecified atom stereocenters. The first kappa shape index (κ1) is 17.2. The smallest absolute Gasteiger partial charge is 0.228 e. The lowest BCUT2D eigenvalue weighted by Crippen LogP contribution is -2.34. The van der Waals surface area contributed by atoms with E-state index in [9.17, 15) is 14.7 Å². The molecule has 130 valence electrons. The average Bonchev–Trinajstić information content (AvgIpc) is 2.94. The predicted molar refractivity (Wildman–Crippen MR) is 96.0 cm³/mol. The highest BCUT2D eigenvalue weighted by Crippen LogP contribution is 2.27. The summed E-state index contributed by atoms with van der Waals surface area (Å²) in [6.07, 6.45) is 0.346. The molecule has 2 aromatic carbocycles. The first-order valence-corrected chi connectivity index (χ1v) is 8.35. The van der Waals surface area contributed by atoms with Crippen LogP contribution in [0.4, 0.5) is 5.69 Å². The van der Waals surface area contributed by atoms with Crippen LogP contribution in [-0.4, -0.2) is 16.9 Å². The van der Waals surface area contributed by atoms with E-state index >= 15 is 0 Å². The van der Waals surface area contributed by atoms with E-state index in [-0.39, 0.29) is 24.3 Å². The largest absolute Gasteiger partial charge is 0.385 e. The molecule has 2 atom stereocenters. The van der Waals surface area contributed by atoms with Gasteiger partial charge in [-0.05, 0) is 36.6 Å². The Labute approximate surface area is 147 Å². The van der Waals surface area contributed by atoms with Crippen LogP contribution in [0, 0.1) is 0 Å². The number of hydrogen-bond acceptors (Lipinski definition) is 3. The summed E-state index contributed by atoms with van der Waals surface area (Å²) in [7, 11) is 0. The maximum atomic E-state index is 12.4. The van der Waals surface area contributed by atoms with Gasteiger partial charge in [0, 0.05) is 5.69 Å². The van der Waals surface area contributed by atoms with Gasteiger partial charge >= 0.3 is 0 Å². The minimum absolute atomic E-state index is 0.0113. The highest BCUT2D eigenvalue weighted by atomic mass is 16.3. The number of anilines is 1. The van der Waals surface area contributed by atoms with Crippen molar-refractivity contribution in [2.24, 2.45) is 0 Å². The summed E-state index contributed by atoms with van der Waals surface area (Å²) in [6, 6.07) is 14.6. The number of fused-ring (bicyclic) bond motifs is 1. The zero-order valence-electron chi connectivity index (χ0n) is 14.4. The molecule has 5 heteroatoms. The van der Waals surface area contributed by atoms with Gasteiger partial charge in [-0.2, -0.15) is 0 Å². The van der Waals surface area contributed by atoms with Gasteiger partial charge in [-0.25, -0.2) is 0 Å². The third kappa shape index (κ3) is 3.88. The van der Waals surface area contributed by atoms with Crippen LogP contribution in [0.5, 0.6) is 0 Å². The first-order valence-electron chi connectivity index (χ1n) is 8.35. The number of aliphatic hydroxyl groups is 1. The summed E-state index contributed by atoms with van der Waals surface area (Å²) >= 11 is 0. The highest BCUT2D eigenvalue weighted by molar-refractivity contribution is 5.99. The lowest BCUT2D eigenvalue weighted by Gasteiger charge is -2.24. The minimum Gasteiger partial charge on any atom is -0.385 e. The molecule has 0 saturated carbocycles. The van der Waals surface area contributed by atoms with E-state index < -0.39 is 5.60 Å². The van der Waals surface area contributed by atoms with Crippen LogP contribution in [0.3, 0.4) is 0 Å². The standard InChI is InChI=1S/C20H22N2O3/c1-13(14-8-9-17-15(10-14)11-18(23)22-17)21-19(24)12-20(2,25)16-6-4-3-5-7-16/h3-10,13,25H,11-12H2,1-2H3,(H,21,24)(H,22,23). The van der Waals surface area contributed by atoms with Gasteiger partial charge in [0.05, 0.1) is 24.5 Å². The number of carbonyl (C=O) groups is 2. The van der Waals surface area contributed by atoms with Crippen LogP contribution in [0.15, 0.2) is 48.5 Å². The van der Waals surface area contributed by atoms with Gasteiger partial charge in [-0.15, -0.1) is 0 Å². The van der Waals surface area contributed by atoms with Gasteiger partial charge in [0.2, 0.25) is 11.8 Å². The van der Waals surface area contributed by atoms with Crippen LogP contribution < -0.4 is 10.6 Å². The number of rotatable bonds is 5. The molecule has 0 fully saturated rings. The molecule has 5 nitrogen and oxygen atoms in total. The topological polar surface area (TPSA) is 78.4 Å². The van der Waals surface area contributed by atoms with Crippen LogP contribution in [0.25, 0.3) is 0 Å². The molecule has 1 aliphatic rings. The Bertz CT molecular complexity index is 800. The summed E-state index contributed by atoms with van der Waals surface area (Å²) in [5, 5.41) is 16.3. The third-order valence-electron chi connectivity index (χ3n) is 4.53. The fourth-order valence-electron chi connectivity index (χ4n) is 3.11. The molecule has 3 rings (SSSR count). The molecule has 0 saturated heterocycles. The van der Waals surface area contributed by atoms with Crippen molar-refractivity contribution >= 4 is 17.5 Å². The Morgan fingerprint density at radius 2 is 2.00 bits per heavy atom. The van der Waals surface area contributed by atoms with E-state index in [1.807, 2.05) is 43.3 Å². The van der Waals surface area contributed by atoms with Crippen molar-refractivity contribution in [3.63, 3.8) is 0 Å². The third-order valence-corrected chi connectivity index (χ3v) is 4.53. The predicted octanol–water partition coefficient (Wildman–Crippen LogP) is 2.66. The molecule has 0 bridgehead atoms. The molecule has 1 aliphatic heterocycles. The Morgan fingerprint density at radius 1 is 1.28 bits per heavy atom. The fraction of sp³-hybridized carbons (Fsp3) is 0.300. The van der Waals surface area contributed by atoms with E-state index in [1.165, 1.54) is 0 Å². The van der Waals surface area contributed by atoms with E-state index in [4.69, 9.17) is 0 Å². The maximum absolute atomic E-state index is 12.4. The van der Waals surface area contributed by atoms with Crippen LogP contribution in [-0.2, 0) is 21.6 Å². The van der Waals surface area contributed by atoms with Crippen molar-refractivity contribution in [1.82, 2.24) is 5.32 Å². The molecular weight excluding hydrogens is 316 g/mol. The molecule has 2 amide bonds. The van der Waals surface area contributed by atoms with E-state index in [0.717, 1.165) is 16.8 Å². The van der Waals surface area contributed by atoms with E-state index in [2.05, 4.69) is 10.6 Å². The van der Waals surface area contributed by atoms with Crippen molar-refractivity contribution in [2.75, 3.05) is 5.32 Å². The lowest BCUT2D eigenvalue weighted by atomic mass is 9.92. The summed E-state index contributed by atoms with van der Waals surface area (Å²) in [6.45, 7) is 3.53. The maximum Gasteiger partial charge on any atom is 0.228 e. The van der Waals surface area contributed by atoms with Gasteiger partial charge in [0.1, 0.15) is 0 Å². The number of nitrogens with one attached hydrogen (secondary N) is 2. The Balaban J connectivity index is 1.65. The normalized spacial score (nSPS) is 16.5. The molecule has 0 aliphatic carbocycles. The van der Waals surface area contributed by atoms with Crippen molar-refractivity contribution in [1.29, 1.82) is 0 Å². The molecule has 0 radical (unpaired) electrons. The zero-order valence-corrected chi connectivity index (χ0v) is 14.4. The Hall–Kier alpha value is -2.66. The fourth-order valence-corrected chi connectivity index (χ4v) is 3.11. The Kier molecular flexibility index (Phi) is 4.59. The number of carbonyl (C=O) groups excluding carboxylic acids is 2. The summed E-state index contributed by atoms with van der Waals surface area (Å²) < 4.78 is 0. The molecule has 0 spiro atoms. The molecule has 3 N–H and O–H groups in total. The molecule has 2 aromatic rings. The van der Waals surface area contributed by atoms with Crippen molar-refractivity contribution in [3.05, 3.63) is 65.2 Å². The Morgan fingerprint density at radius 3 is 2.72 bits per heavy atom. The minimum atomic E-state index is -1.22. The molecule has 0 aromatic heterocycles. The second kappa shape index (κ2) is 6.69. The van der Waals surface area contributed by atoms with Crippen molar-refractivity contribution in [2.45, 2.75) is 38.3 Å². The average molecular weight is 338 g/mol. The monoisotopic (exact) mass is 338 g/mol. The van der Waals surface area contributed by atoms with Gasteiger partial charge in [0.15, 0.2) is 0 Å². The van der Waals surface area contributed by atoms with Gasteiger partial charge in [-0.3, -0.25) is 9.59 Å². The van der Waals surface area contributed by atoms with Crippen LogP contribution >= 0.6 is 0 Å². The second-order valence-corrected chi connectivity index (χ2v) is 6.75. The number of benzene rings is 2. The summed E-state index contributed by atoms with van der Waals surface area (Å²) in [5.41, 5.74) is 2.20. The van der Waals surface area contributed by atoms with E-state index in [1.54, 1.807) is 19.1 Å². The van der Waals surface area contributed by atoms with Gasteiger partial charge in [-0.1, -0.05) is 42.5 Å². The molecule has 1 heterocycles. The number of amides is 2. The quantitative estimate of drug-likeness (QED) is 0.784. The number of hydrogen-bond donors (Lipinski definition) is 3. The summed E-state index contributed by atoms with van der Waals surface area (Å²) in [4.78, 5) is 23.8. The molecular formula is C20H22N2O3. The van der Waals surface area contributed by atoms with Crippen molar-refractivity contribution < 1.29 is 14.7 Å². The van der Waals surface area contributed by atoms with Crippen molar-refractivity contribution in [3.8, 4) is 0 Å². The highest BCUT2D eigenvalue weighted by Gasteiger charge is 2.27. The second-order valence-electron chi connectivity index (χ2n) is 6.75. The zero-order chi connectivity index (χ0) is 18.0.